The second-order valence-corrected chi connectivity index (χ2v) is 7.86. The summed E-state index contributed by atoms with van der Waals surface area (Å²) in [7, 11) is 0. The summed E-state index contributed by atoms with van der Waals surface area (Å²) < 4.78 is 0. The number of quaternary nitrogens is 1. The van der Waals surface area contributed by atoms with Crippen LogP contribution >= 0.6 is 11.8 Å². The van der Waals surface area contributed by atoms with Gasteiger partial charge in [0.2, 0.25) is 5.91 Å². The Morgan fingerprint density at radius 1 is 1.04 bits per heavy atom. The third-order valence-corrected chi connectivity index (χ3v) is 5.70. The van der Waals surface area contributed by atoms with Crippen LogP contribution < -0.4 is 10.2 Å². The van der Waals surface area contributed by atoms with Gasteiger partial charge in [0, 0.05) is 29.9 Å². The largest absolute Gasteiger partial charge is 0.352 e. The predicted molar refractivity (Wildman–Crippen MR) is 116 cm³/mol. The number of amides is 1. The Labute approximate surface area is 173 Å². The summed E-state index contributed by atoms with van der Waals surface area (Å²) in [6.07, 6.45) is 3.09. The molecule has 28 heavy (non-hydrogen) atoms. The molecule has 0 fully saturated rings. The van der Waals surface area contributed by atoms with Gasteiger partial charge in [0.05, 0.1) is 13.1 Å². The van der Waals surface area contributed by atoms with E-state index in [2.05, 4.69) is 53.4 Å². The van der Waals surface area contributed by atoms with Crippen molar-refractivity contribution in [3.8, 4) is 0 Å². The van der Waals surface area contributed by atoms with E-state index in [9.17, 15) is 4.79 Å². The smallest absolute Gasteiger partial charge is 0.220 e. The molecule has 0 aliphatic heterocycles. The van der Waals surface area contributed by atoms with Crippen LogP contribution in [0.1, 0.15) is 48.3 Å². The first-order valence-electron chi connectivity index (χ1n) is 10.0. The average Bonchev–Trinajstić information content (AvgIpc) is 2.70. The Morgan fingerprint density at radius 3 is 2.14 bits per heavy atom. The van der Waals surface area contributed by atoms with Crippen molar-refractivity contribution in [1.29, 1.82) is 0 Å². The van der Waals surface area contributed by atoms with E-state index in [1.807, 2.05) is 20.1 Å². The van der Waals surface area contributed by atoms with Crippen molar-refractivity contribution in [1.82, 2.24) is 15.3 Å². The second-order valence-electron chi connectivity index (χ2n) is 7.09. The maximum Gasteiger partial charge on any atom is 0.220 e. The maximum atomic E-state index is 12.3. The molecule has 0 aliphatic rings. The van der Waals surface area contributed by atoms with Crippen molar-refractivity contribution >= 4 is 17.7 Å². The summed E-state index contributed by atoms with van der Waals surface area (Å²) in [6.45, 7) is 12.3. The molecule has 1 aromatic heterocycles. The highest BCUT2D eigenvalue weighted by atomic mass is 32.2. The van der Waals surface area contributed by atoms with Gasteiger partial charge in [-0.05, 0) is 51.5 Å². The minimum absolute atomic E-state index is 0.0596. The molecule has 0 saturated heterocycles. The van der Waals surface area contributed by atoms with E-state index in [1.165, 1.54) is 17.3 Å². The number of benzene rings is 1. The van der Waals surface area contributed by atoms with E-state index in [4.69, 9.17) is 0 Å². The van der Waals surface area contributed by atoms with Gasteiger partial charge in [-0.25, -0.2) is 9.97 Å². The highest BCUT2D eigenvalue weighted by Crippen LogP contribution is 2.17. The van der Waals surface area contributed by atoms with E-state index in [1.54, 1.807) is 4.90 Å². The van der Waals surface area contributed by atoms with Gasteiger partial charge < -0.3 is 10.2 Å². The molecule has 1 heterocycles. The number of aromatic nitrogens is 2. The second kappa shape index (κ2) is 11.2. The van der Waals surface area contributed by atoms with E-state index >= 15 is 0 Å². The molecule has 0 radical (unpaired) electrons. The van der Waals surface area contributed by atoms with Crippen molar-refractivity contribution in [2.24, 2.45) is 0 Å². The molecule has 0 aliphatic carbocycles. The molecule has 0 spiro atoms. The number of rotatable bonds is 10. The van der Waals surface area contributed by atoms with Gasteiger partial charge in [0.15, 0.2) is 5.16 Å². The lowest BCUT2D eigenvalue weighted by molar-refractivity contribution is -0.910. The fourth-order valence-electron chi connectivity index (χ4n) is 3.25. The number of nitrogens with zero attached hydrogens (tertiary/aromatic N) is 2. The Bertz CT molecular complexity index is 750. The lowest BCUT2D eigenvalue weighted by atomic mass is 10.1. The third kappa shape index (κ3) is 6.60. The molecule has 6 heteroatoms. The molecule has 2 rings (SSSR count). The number of nitrogens with one attached hydrogen (secondary N) is 2. The van der Waals surface area contributed by atoms with Crippen molar-refractivity contribution < 1.29 is 9.69 Å². The summed E-state index contributed by atoms with van der Waals surface area (Å²) >= 11 is 1.54. The SMILES string of the molecule is CC[NH+](CC)Cc1ccc(CNC(=O)CCc2c(C)nc(SC)nc2C)cc1. The zero-order valence-corrected chi connectivity index (χ0v) is 18.6. The van der Waals surface area contributed by atoms with Crippen LogP contribution in [0.5, 0.6) is 0 Å². The fraction of sp³-hybridized carbons (Fsp3) is 0.500. The van der Waals surface area contributed by atoms with Crippen molar-refractivity contribution in [3.63, 3.8) is 0 Å². The van der Waals surface area contributed by atoms with Crippen LogP contribution in [0.4, 0.5) is 0 Å². The fourth-order valence-corrected chi connectivity index (χ4v) is 3.71. The van der Waals surface area contributed by atoms with Crippen LogP contribution in [-0.4, -0.2) is 35.2 Å². The molecular formula is C22H33N4OS+. The number of aryl methyl sites for hydroxylation is 2. The van der Waals surface area contributed by atoms with Crippen LogP contribution in [0.3, 0.4) is 0 Å². The molecule has 152 valence electrons. The van der Waals surface area contributed by atoms with Gasteiger partial charge in [-0.1, -0.05) is 36.0 Å². The Kier molecular flexibility index (Phi) is 8.93. The van der Waals surface area contributed by atoms with Crippen molar-refractivity contribution in [2.45, 2.75) is 58.8 Å². The minimum atomic E-state index is 0.0596. The molecule has 0 bridgehead atoms. The first-order chi connectivity index (χ1) is 13.5. The Morgan fingerprint density at radius 2 is 1.61 bits per heavy atom. The first-order valence-corrected chi connectivity index (χ1v) is 11.2. The molecule has 1 amide bonds. The summed E-state index contributed by atoms with van der Waals surface area (Å²) in [6, 6.07) is 8.57. The number of hydrogen-bond acceptors (Lipinski definition) is 4. The highest BCUT2D eigenvalue weighted by molar-refractivity contribution is 7.98. The topological polar surface area (TPSA) is 59.3 Å². The number of hydrogen-bond donors (Lipinski definition) is 2. The molecule has 2 aromatic rings. The van der Waals surface area contributed by atoms with Gasteiger partial charge in [0.25, 0.3) is 0 Å². The third-order valence-electron chi connectivity index (χ3n) is 5.15. The van der Waals surface area contributed by atoms with Gasteiger partial charge in [0.1, 0.15) is 6.54 Å². The lowest BCUT2D eigenvalue weighted by Crippen LogP contribution is -3.10. The van der Waals surface area contributed by atoms with E-state index < -0.39 is 0 Å². The van der Waals surface area contributed by atoms with Crippen LogP contribution in [-0.2, 0) is 24.3 Å². The van der Waals surface area contributed by atoms with Crippen LogP contribution in [0.2, 0.25) is 0 Å². The van der Waals surface area contributed by atoms with Crippen molar-refractivity contribution in [3.05, 3.63) is 52.3 Å². The maximum absolute atomic E-state index is 12.3. The monoisotopic (exact) mass is 401 g/mol. The summed E-state index contributed by atoms with van der Waals surface area (Å²) in [5.41, 5.74) is 5.49. The van der Waals surface area contributed by atoms with Gasteiger partial charge in [-0.3, -0.25) is 4.79 Å². The standard InChI is InChI=1S/C22H32N4OS/c1-6-26(7-2)15-19-10-8-18(9-11-19)14-23-21(27)13-12-20-16(3)24-22(28-5)25-17(20)4/h8-11H,6-7,12-15H2,1-5H3,(H,23,27)/p+1. The summed E-state index contributed by atoms with van der Waals surface area (Å²) in [5, 5.41) is 3.81. The lowest BCUT2D eigenvalue weighted by Gasteiger charge is -2.15. The number of carbonyl (C=O) groups excluding carboxylic acids is 1. The highest BCUT2D eigenvalue weighted by Gasteiger charge is 2.11. The van der Waals surface area contributed by atoms with Gasteiger partial charge >= 0.3 is 0 Å². The number of thioether (sulfide) groups is 1. The Balaban J connectivity index is 1.83. The van der Waals surface area contributed by atoms with E-state index in [-0.39, 0.29) is 5.91 Å². The Hall–Kier alpha value is -1.92. The first kappa shape index (κ1) is 22.4. The summed E-state index contributed by atoms with van der Waals surface area (Å²) in [4.78, 5) is 22.8. The minimum Gasteiger partial charge on any atom is -0.352 e. The van der Waals surface area contributed by atoms with E-state index in [0.29, 0.717) is 19.4 Å². The molecule has 2 N–H and O–H groups in total. The molecule has 5 nitrogen and oxygen atoms in total. The molecular weight excluding hydrogens is 368 g/mol. The normalized spacial score (nSPS) is 11.1. The van der Waals surface area contributed by atoms with Crippen molar-refractivity contribution in [2.75, 3.05) is 19.3 Å². The molecule has 0 atom stereocenters. The quantitative estimate of drug-likeness (QED) is 0.474. The number of carbonyl (C=O) groups is 1. The zero-order valence-electron chi connectivity index (χ0n) is 17.8. The average molecular weight is 402 g/mol. The summed E-state index contributed by atoms with van der Waals surface area (Å²) in [5.74, 6) is 0.0596. The van der Waals surface area contributed by atoms with Crippen LogP contribution in [0, 0.1) is 13.8 Å². The molecule has 0 unspecified atom stereocenters. The predicted octanol–water partition coefficient (Wildman–Crippen LogP) is 2.49. The molecule has 1 aromatic carbocycles. The van der Waals surface area contributed by atoms with Crippen LogP contribution in [0.15, 0.2) is 29.4 Å². The van der Waals surface area contributed by atoms with Crippen LogP contribution in [0.25, 0.3) is 0 Å². The zero-order chi connectivity index (χ0) is 20.5. The van der Waals surface area contributed by atoms with Gasteiger partial charge in [-0.15, -0.1) is 0 Å². The molecule has 0 saturated carbocycles. The van der Waals surface area contributed by atoms with E-state index in [0.717, 1.165) is 47.3 Å². The van der Waals surface area contributed by atoms with Gasteiger partial charge in [-0.2, -0.15) is 0 Å².